The maximum Gasteiger partial charge on any atom is 0.160 e. The summed E-state index contributed by atoms with van der Waals surface area (Å²) < 4.78 is 0. The fourth-order valence-electron chi connectivity index (χ4n) is 5.71. The van der Waals surface area contributed by atoms with Gasteiger partial charge in [0.1, 0.15) is 0 Å². The summed E-state index contributed by atoms with van der Waals surface area (Å²) in [6, 6.07) is 42.8. The number of hydrogen-bond acceptors (Lipinski definition) is 2. The first-order chi connectivity index (χ1) is 18.1. The molecule has 0 unspecified atom stereocenters. The zero-order chi connectivity index (χ0) is 25.0. The minimum Gasteiger partial charge on any atom is -0.228 e. The molecule has 0 saturated carbocycles. The van der Waals surface area contributed by atoms with Crippen LogP contribution in [0, 0.1) is 0 Å². The van der Waals surface area contributed by atoms with E-state index in [4.69, 9.17) is 9.97 Å². The second kappa shape index (κ2) is 8.25. The lowest BCUT2D eigenvalue weighted by molar-refractivity contribution is 0.658. The van der Waals surface area contributed by atoms with Gasteiger partial charge in [0.25, 0.3) is 0 Å². The van der Waals surface area contributed by atoms with Crippen molar-refractivity contribution in [2.75, 3.05) is 0 Å². The Balaban J connectivity index is 1.46. The summed E-state index contributed by atoms with van der Waals surface area (Å²) in [6.07, 6.45) is 0. The van der Waals surface area contributed by atoms with Gasteiger partial charge in [-0.15, -0.1) is 0 Å². The number of rotatable bonds is 3. The molecule has 0 atom stereocenters. The number of benzene rings is 5. The molecule has 0 fully saturated rings. The summed E-state index contributed by atoms with van der Waals surface area (Å²) in [5, 5.41) is 2.49. The predicted molar refractivity (Wildman–Crippen MR) is 153 cm³/mol. The van der Waals surface area contributed by atoms with Crippen molar-refractivity contribution in [3.8, 4) is 45.0 Å². The predicted octanol–water partition coefficient (Wildman–Crippen LogP) is 8.94. The fourth-order valence-corrected chi connectivity index (χ4v) is 5.71. The summed E-state index contributed by atoms with van der Waals surface area (Å²) in [4.78, 5) is 10.5. The van der Waals surface area contributed by atoms with Gasteiger partial charge in [0.2, 0.25) is 0 Å². The molecular formula is C35H26N2. The number of hydrogen-bond donors (Lipinski definition) is 0. The highest BCUT2D eigenvalue weighted by Gasteiger charge is 2.40. The largest absolute Gasteiger partial charge is 0.228 e. The Bertz CT molecular complexity index is 1770. The van der Waals surface area contributed by atoms with E-state index in [9.17, 15) is 0 Å². The van der Waals surface area contributed by atoms with Crippen LogP contribution in [-0.2, 0) is 5.41 Å². The second-order valence-corrected chi connectivity index (χ2v) is 10.3. The molecule has 1 heterocycles. The highest BCUT2D eigenvalue weighted by atomic mass is 14.9. The van der Waals surface area contributed by atoms with Crippen LogP contribution >= 0.6 is 0 Å². The number of aromatic nitrogens is 2. The zero-order valence-electron chi connectivity index (χ0n) is 20.9. The van der Waals surface area contributed by atoms with Crippen LogP contribution in [0.2, 0.25) is 0 Å². The molecule has 0 radical (unpaired) electrons. The Morgan fingerprint density at radius 2 is 1.00 bits per heavy atom. The zero-order valence-corrected chi connectivity index (χ0v) is 20.9. The third kappa shape index (κ3) is 3.48. The van der Waals surface area contributed by atoms with Crippen LogP contribution in [0.5, 0.6) is 0 Å². The molecule has 2 nitrogen and oxygen atoms in total. The fraction of sp³-hybridized carbons (Fsp3) is 0.0857. The standard InChI is InChI=1S/C35H26N2/c1-35(2)30-22-28-16-10-9-15-27(28)21-29(30)33-31(35)32(25-13-7-4-8-14-25)36-34(37-33)26-19-17-24(18-20-26)23-11-5-3-6-12-23/h3-22H,1-2H3. The lowest BCUT2D eigenvalue weighted by Gasteiger charge is -2.24. The molecule has 37 heavy (non-hydrogen) atoms. The maximum atomic E-state index is 5.24. The Morgan fingerprint density at radius 3 is 1.68 bits per heavy atom. The van der Waals surface area contributed by atoms with Gasteiger partial charge in [-0.1, -0.05) is 123 Å². The van der Waals surface area contributed by atoms with Crippen molar-refractivity contribution in [3.05, 3.63) is 132 Å². The molecule has 1 aliphatic rings. The van der Waals surface area contributed by atoms with E-state index in [1.807, 2.05) is 6.07 Å². The molecule has 0 saturated heterocycles. The normalized spacial score (nSPS) is 13.4. The summed E-state index contributed by atoms with van der Waals surface area (Å²) in [5.74, 6) is 0.758. The molecule has 7 rings (SSSR count). The van der Waals surface area contributed by atoms with Gasteiger partial charge in [-0.25, -0.2) is 9.97 Å². The van der Waals surface area contributed by atoms with Crippen LogP contribution in [0.1, 0.15) is 25.0 Å². The lowest BCUT2D eigenvalue weighted by Crippen LogP contribution is -2.17. The van der Waals surface area contributed by atoms with Gasteiger partial charge in [0, 0.05) is 27.7 Å². The molecule has 5 aromatic carbocycles. The molecular weight excluding hydrogens is 448 g/mol. The van der Waals surface area contributed by atoms with Crippen molar-refractivity contribution in [1.82, 2.24) is 9.97 Å². The van der Waals surface area contributed by atoms with E-state index < -0.39 is 0 Å². The summed E-state index contributed by atoms with van der Waals surface area (Å²) >= 11 is 0. The third-order valence-electron chi connectivity index (χ3n) is 7.65. The molecule has 0 bridgehead atoms. The van der Waals surface area contributed by atoms with E-state index in [0.717, 1.165) is 28.3 Å². The minimum atomic E-state index is -0.213. The SMILES string of the molecule is CC1(C)c2cc3ccccc3cc2-c2nc(-c3ccc(-c4ccccc4)cc3)nc(-c3ccccc3)c21. The molecule has 0 aliphatic heterocycles. The average molecular weight is 475 g/mol. The van der Waals surface area contributed by atoms with E-state index in [-0.39, 0.29) is 5.41 Å². The van der Waals surface area contributed by atoms with Gasteiger partial charge >= 0.3 is 0 Å². The molecule has 0 spiro atoms. The first kappa shape index (κ1) is 21.7. The van der Waals surface area contributed by atoms with Crippen molar-refractivity contribution < 1.29 is 0 Å². The Morgan fingerprint density at radius 1 is 0.486 bits per heavy atom. The van der Waals surface area contributed by atoms with Crippen molar-refractivity contribution in [2.24, 2.45) is 0 Å². The van der Waals surface area contributed by atoms with Gasteiger partial charge in [-0.05, 0) is 39.6 Å². The van der Waals surface area contributed by atoms with Crippen LogP contribution in [0.25, 0.3) is 55.8 Å². The van der Waals surface area contributed by atoms with Gasteiger partial charge in [0.05, 0.1) is 11.4 Å². The van der Waals surface area contributed by atoms with Crippen LogP contribution in [0.4, 0.5) is 0 Å². The number of nitrogens with zero attached hydrogens (tertiary/aromatic N) is 2. The highest BCUT2D eigenvalue weighted by molar-refractivity contribution is 5.94. The summed E-state index contributed by atoms with van der Waals surface area (Å²) in [5.41, 5.74) is 10.1. The Labute approximate surface area is 217 Å². The van der Waals surface area contributed by atoms with E-state index in [1.165, 1.54) is 38.6 Å². The average Bonchev–Trinajstić information content (AvgIpc) is 3.18. The Kier molecular flexibility index (Phi) is 4.84. The van der Waals surface area contributed by atoms with Gasteiger partial charge in [0.15, 0.2) is 5.82 Å². The quantitative estimate of drug-likeness (QED) is 0.256. The van der Waals surface area contributed by atoms with Crippen LogP contribution in [0.3, 0.4) is 0 Å². The monoisotopic (exact) mass is 474 g/mol. The summed E-state index contributed by atoms with van der Waals surface area (Å²) in [7, 11) is 0. The molecule has 2 heteroatoms. The molecule has 1 aromatic heterocycles. The maximum absolute atomic E-state index is 5.24. The number of fused-ring (bicyclic) bond motifs is 4. The lowest BCUT2D eigenvalue weighted by atomic mass is 9.80. The van der Waals surface area contributed by atoms with Gasteiger partial charge < -0.3 is 0 Å². The third-order valence-corrected chi connectivity index (χ3v) is 7.65. The second-order valence-electron chi connectivity index (χ2n) is 10.3. The van der Waals surface area contributed by atoms with Crippen molar-refractivity contribution in [2.45, 2.75) is 19.3 Å². The van der Waals surface area contributed by atoms with Crippen molar-refractivity contribution in [1.29, 1.82) is 0 Å². The molecule has 6 aromatic rings. The smallest absolute Gasteiger partial charge is 0.160 e. The van der Waals surface area contributed by atoms with Crippen molar-refractivity contribution >= 4 is 10.8 Å². The van der Waals surface area contributed by atoms with Gasteiger partial charge in [-0.2, -0.15) is 0 Å². The first-order valence-electron chi connectivity index (χ1n) is 12.8. The van der Waals surface area contributed by atoms with E-state index >= 15 is 0 Å². The topological polar surface area (TPSA) is 25.8 Å². The van der Waals surface area contributed by atoms with E-state index in [1.54, 1.807) is 0 Å². The first-order valence-corrected chi connectivity index (χ1v) is 12.8. The molecule has 176 valence electrons. The minimum absolute atomic E-state index is 0.213. The van der Waals surface area contributed by atoms with E-state index in [0.29, 0.717) is 0 Å². The highest BCUT2D eigenvalue weighted by Crippen LogP contribution is 2.52. The van der Waals surface area contributed by atoms with E-state index in [2.05, 4.69) is 129 Å². The van der Waals surface area contributed by atoms with Crippen LogP contribution < -0.4 is 0 Å². The van der Waals surface area contributed by atoms with Crippen molar-refractivity contribution in [3.63, 3.8) is 0 Å². The Hall–Kier alpha value is -4.56. The molecule has 0 N–H and O–H groups in total. The molecule has 0 amide bonds. The van der Waals surface area contributed by atoms with Gasteiger partial charge in [-0.3, -0.25) is 0 Å². The summed E-state index contributed by atoms with van der Waals surface area (Å²) in [6.45, 7) is 4.60. The van der Waals surface area contributed by atoms with Crippen LogP contribution in [0.15, 0.2) is 121 Å². The van der Waals surface area contributed by atoms with Crippen LogP contribution in [-0.4, -0.2) is 9.97 Å². The molecule has 1 aliphatic carbocycles.